The van der Waals surface area contributed by atoms with E-state index in [0.717, 1.165) is 0 Å². The van der Waals surface area contributed by atoms with E-state index in [0.29, 0.717) is 11.3 Å². The van der Waals surface area contributed by atoms with Crippen LogP contribution in [0, 0.1) is 17.3 Å². The van der Waals surface area contributed by atoms with Crippen LogP contribution in [0.3, 0.4) is 0 Å². The number of aromatic hydroxyl groups is 1. The van der Waals surface area contributed by atoms with E-state index in [1.54, 1.807) is 39.2 Å². The molecule has 0 heterocycles. The van der Waals surface area contributed by atoms with Crippen LogP contribution in [0.2, 0.25) is 0 Å². The maximum Gasteiger partial charge on any atom is 0.407 e. The molecule has 3 aliphatic rings. The highest BCUT2D eigenvalue weighted by atomic mass is 16.5. The van der Waals surface area contributed by atoms with Crippen molar-refractivity contribution in [1.29, 1.82) is 0 Å². The highest BCUT2D eigenvalue weighted by Crippen LogP contribution is 2.54. The normalized spacial score (nSPS) is 25.3. The molecule has 0 spiro atoms. The molecule has 4 rings (SSSR count). The molecule has 0 saturated heterocycles. The van der Waals surface area contributed by atoms with E-state index >= 15 is 0 Å². The average Bonchev–Trinajstić information content (AvgIpc) is 2.88. The molecule has 4 atom stereocenters. The van der Waals surface area contributed by atoms with Crippen LogP contribution in [0.1, 0.15) is 43.9 Å². The van der Waals surface area contributed by atoms with Crippen molar-refractivity contribution in [3.63, 3.8) is 0 Å². The summed E-state index contributed by atoms with van der Waals surface area (Å²) in [6.45, 7) is 5.72. The van der Waals surface area contributed by atoms with E-state index in [9.17, 15) is 39.6 Å². The first-order chi connectivity index (χ1) is 19.8. The number of nitrogens with two attached hydrogens (primary N) is 1. The number of Topliss-reactive ketones (excluding diaryl/α,β-unsaturated/α-hetero) is 2. The van der Waals surface area contributed by atoms with Crippen molar-refractivity contribution in [3.8, 4) is 5.75 Å². The molecule has 234 valence electrons. The van der Waals surface area contributed by atoms with E-state index < -0.39 is 64.1 Å². The second kappa shape index (κ2) is 10.9. The number of ketones is 2. The number of ether oxygens (including phenoxy) is 1. The lowest BCUT2D eigenvalue weighted by molar-refractivity contribution is -0.153. The van der Waals surface area contributed by atoms with Crippen molar-refractivity contribution in [1.82, 2.24) is 10.2 Å². The fourth-order valence-corrected chi connectivity index (χ4v) is 6.38. The van der Waals surface area contributed by atoms with Gasteiger partial charge in [-0.25, -0.2) is 4.79 Å². The third-order valence-electron chi connectivity index (χ3n) is 8.32. The minimum absolute atomic E-state index is 0.0116. The van der Waals surface area contributed by atoms with Crippen LogP contribution in [0.5, 0.6) is 5.75 Å². The van der Waals surface area contributed by atoms with Gasteiger partial charge in [0.1, 0.15) is 22.8 Å². The van der Waals surface area contributed by atoms with E-state index in [4.69, 9.17) is 10.5 Å². The minimum Gasteiger partial charge on any atom is -0.508 e. The number of hydrogen-bond acceptors (Lipinski definition) is 11. The number of nitrogens with zero attached hydrogens (tertiary/aromatic N) is 2. The molecule has 43 heavy (non-hydrogen) atoms. The van der Waals surface area contributed by atoms with E-state index in [-0.39, 0.29) is 53.9 Å². The molecule has 0 aromatic heterocycles. The number of carbonyl (C=O) groups excluding carboxylic acids is 4. The molecule has 3 aliphatic carbocycles. The van der Waals surface area contributed by atoms with Gasteiger partial charge in [0.05, 0.1) is 18.2 Å². The van der Waals surface area contributed by atoms with E-state index in [1.165, 1.54) is 4.90 Å². The van der Waals surface area contributed by atoms with Crippen molar-refractivity contribution >= 4 is 35.0 Å². The number of aliphatic hydroxyl groups excluding tert-OH is 2. The van der Waals surface area contributed by atoms with Gasteiger partial charge in [-0.05, 0) is 49.9 Å². The Balaban J connectivity index is 1.84. The number of rotatable bonds is 6. The number of phenols is 1. The Kier molecular flexibility index (Phi) is 8.05. The first-order valence-corrected chi connectivity index (χ1v) is 13.9. The molecule has 1 aromatic rings. The van der Waals surface area contributed by atoms with Gasteiger partial charge in [0.2, 0.25) is 5.78 Å². The number of benzene rings is 1. The standard InChI is InChI=1S/C30H40N4O9/c1-29(2,3)12-43-28(41)32-11-14-10-17(33(4)5)15-8-13-9-16-21(34(6)7)24(37)20(27(31)40)26(39)30(16,42)25(38)18(13)23(36)19(15)22(14)35/h10,13,16,21,35-36,39,42H,8-9,11-12H2,1-7H3,(H2,31,40)(H,32,41)/t13-,16-,21-,30-/m0/s1. The minimum atomic E-state index is -2.72. The lowest BCUT2D eigenvalue weighted by Crippen LogP contribution is -2.65. The smallest absolute Gasteiger partial charge is 0.407 e. The Bertz CT molecular complexity index is 1470. The third kappa shape index (κ3) is 5.20. The number of amides is 2. The van der Waals surface area contributed by atoms with Gasteiger partial charge in [-0.2, -0.15) is 0 Å². The summed E-state index contributed by atoms with van der Waals surface area (Å²) in [7, 11) is 6.62. The Hall–Kier alpha value is -4.10. The second-order valence-corrected chi connectivity index (χ2v) is 13.1. The van der Waals surface area contributed by atoms with Gasteiger partial charge >= 0.3 is 6.09 Å². The van der Waals surface area contributed by atoms with Crippen LogP contribution in [0.25, 0.3) is 5.76 Å². The van der Waals surface area contributed by atoms with Gasteiger partial charge in [-0.1, -0.05) is 20.8 Å². The number of aliphatic hydroxyl groups is 3. The molecule has 1 aromatic carbocycles. The Morgan fingerprint density at radius 2 is 1.77 bits per heavy atom. The lowest BCUT2D eigenvalue weighted by Gasteiger charge is -2.50. The van der Waals surface area contributed by atoms with Crippen LogP contribution in [-0.4, -0.2) is 95.3 Å². The number of fused-ring (bicyclic) bond motifs is 3. The number of alkyl carbamates (subject to hydrolysis) is 1. The van der Waals surface area contributed by atoms with Gasteiger partial charge in [0.25, 0.3) is 5.91 Å². The fourth-order valence-electron chi connectivity index (χ4n) is 6.38. The van der Waals surface area contributed by atoms with Gasteiger partial charge in [-0.3, -0.25) is 19.3 Å². The molecule has 0 bridgehead atoms. The third-order valence-corrected chi connectivity index (χ3v) is 8.32. The molecule has 1 saturated carbocycles. The molecule has 0 radical (unpaired) electrons. The Labute approximate surface area is 249 Å². The van der Waals surface area contributed by atoms with Crippen LogP contribution in [0.4, 0.5) is 10.5 Å². The molecule has 7 N–H and O–H groups in total. The SMILES string of the molecule is CN(C)c1cc(CNC(=O)OCC(C)(C)C)c(O)c2c1C[C@H]1C[C@H]3[C@H](N(C)C)C(=O)C(C(N)=O)=C(O)[C@@]3(O)C(=O)C1=C2O. The Morgan fingerprint density at radius 1 is 1.14 bits per heavy atom. The molecule has 0 aliphatic heterocycles. The maximum absolute atomic E-state index is 14.1. The van der Waals surface area contributed by atoms with Gasteiger partial charge < -0.3 is 41.1 Å². The number of likely N-dealkylation sites (N-methyl/N-ethyl adjacent to an activating group) is 1. The van der Waals surface area contributed by atoms with E-state index in [2.05, 4.69) is 5.32 Å². The van der Waals surface area contributed by atoms with Gasteiger partial charge in [0.15, 0.2) is 11.4 Å². The summed E-state index contributed by atoms with van der Waals surface area (Å²) in [6, 6.07) is 0.503. The number of carbonyl (C=O) groups is 4. The summed E-state index contributed by atoms with van der Waals surface area (Å²) in [6.07, 6.45) is -0.564. The van der Waals surface area contributed by atoms with E-state index in [1.807, 2.05) is 20.8 Å². The lowest BCUT2D eigenvalue weighted by atomic mass is 9.57. The van der Waals surface area contributed by atoms with Crippen LogP contribution in [-0.2, 0) is 32.1 Å². The zero-order valence-corrected chi connectivity index (χ0v) is 25.4. The van der Waals surface area contributed by atoms with Crippen LogP contribution >= 0.6 is 0 Å². The molecule has 0 unspecified atom stereocenters. The zero-order valence-electron chi connectivity index (χ0n) is 25.4. The van der Waals surface area contributed by atoms with Crippen molar-refractivity contribution in [2.45, 2.75) is 51.8 Å². The highest BCUT2D eigenvalue weighted by Gasteiger charge is 2.64. The first kappa shape index (κ1) is 31.8. The quantitative estimate of drug-likeness (QED) is 0.257. The monoisotopic (exact) mass is 600 g/mol. The summed E-state index contributed by atoms with van der Waals surface area (Å²) in [5, 5.41) is 48.3. The van der Waals surface area contributed by atoms with Crippen LogP contribution in [0.15, 0.2) is 23.0 Å². The zero-order chi connectivity index (χ0) is 32.3. The number of primary amides is 1. The molecule has 1 fully saturated rings. The number of hydrogen-bond donors (Lipinski definition) is 6. The Morgan fingerprint density at radius 3 is 2.30 bits per heavy atom. The second-order valence-electron chi connectivity index (χ2n) is 13.1. The molecule has 13 heteroatoms. The summed E-state index contributed by atoms with van der Waals surface area (Å²) in [5.41, 5.74) is 2.58. The predicted octanol–water partition coefficient (Wildman–Crippen LogP) is 1.30. The van der Waals surface area contributed by atoms with Gasteiger partial charge in [0, 0.05) is 43.4 Å². The number of nitrogens with one attached hydrogen (secondary N) is 1. The first-order valence-electron chi connectivity index (χ1n) is 13.9. The summed E-state index contributed by atoms with van der Waals surface area (Å²) >= 11 is 0. The molecular weight excluding hydrogens is 560 g/mol. The summed E-state index contributed by atoms with van der Waals surface area (Å²) < 4.78 is 5.23. The summed E-state index contributed by atoms with van der Waals surface area (Å²) in [5.74, 6) is -7.19. The predicted molar refractivity (Wildman–Crippen MR) is 156 cm³/mol. The highest BCUT2D eigenvalue weighted by molar-refractivity contribution is 6.24. The average molecular weight is 601 g/mol. The maximum atomic E-state index is 14.1. The number of anilines is 1. The topological polar surface area (TPSA) is 203 Å². The molecule has 13 nitrogen and oxygen atoms in total. The van der Waals surface area contributed by atoms with Crippen molar-refractivity contribution in [2.75, 3.05) is 39.7 Å². The van der Waals surface area contributed by atoms with Gasteiger partial charge in [-0.15, -0.1) is 0 Å². The molecular formula is C30H40N4O9. The largest absolute Gasteiger partial charge is 0.508 e. The summed E-state index contributed by atoms with van der Waals surface area (Å²) in [4.78, 5) is 55.0. The van der Waals surface area contributed by atoms with Crippen molar-refractivity contribution in [2.24, 2.45) is 23.0 Å². The number of phenolic OH excluding ortho intramolecular Hbond substituents is 1. The van der Waals surface area contributed by atoms with Crippen LogP contribution < -0.4 is 16.0 Å². The van der Waals surface area contributed by atoms with Crippen molar-refractivity contribution < 1.29 is 44.3 Å². The fraction of sp³-hybridized carbons (Fsp3) is 0.533. The van der Waals surface area contributed by atoms with Crippen molar-refractivity contribution in [3.05, 3.63) is 39.7 Å². The molecule has 2 amide bonds.